The number of fused-ring (bicyclic) bond motifs is 1. The lowest BCUT2D eigenvalue weighted by Crippen LogP contribution is -2.36. The fourth-order valence-electron chi connectivity index (χ4n) is 4.33. The highest BCUT2D eigenvalue weighted by molar-refractivity contribution is 5.94. The van der Waals surface area contributed by atoms with Crippen LogP contribution in [0.15, 0.2) is 71.5 Å². The summed E-state index contributed by atoms with van der Waals surface area (Å²) in [5.74, 6) is 0. The van der Waals surface area contributed by atoms with Crippen LogP contribution in [0.4, 0.5) is 11.4 Å². The molecule has 1 aromatic heterocycles. The van der Waals surface area contributed by atoms with Gasteiger partial charge in [-0.05, 0) is 30.2 Å². The van der Waals surface area contributed by atoms with Gasteiger partial charge in [0, 0.05) is 35.8 Å². The van der Waals surface area contributed by atoms with E-state index in [-0.39, 0.29) is 21.9 Å². The minimum Gasteiger partial charge on any atom is -0.378 e. The second kappa shape index (κ2) is 9.07. The van der Waals surface area contributed by atoms with E-state index in [0.717, 1.165) is 23.1 Å². The first-order valence-corrected chi connectivity index (χ1v) is 11.3. The Hall–Kier alpha value is -4.04. The number of hydrogen-bond donors (Lipinski definition) is 1. The van der Waals surface area contributed by atoms with Crippen LogP contribution < -0.4 is 10.5 Å². The van der Waals surface area contributed by atoms with Gasteiger partial charge in [-0.3, -0.25) is 4.79 Å². The number of ether oxygens (including phenoxy) is 1. The molecule has 1 fully saturated rings. The van der Waals surface area contributed by atoms with Crippen molar-refractivity contribution in [3.05, 3.63) is 87.6 Å². The molecule has 0 spiro atoms. The molecular weight excluding hydrogens is 432 g/mol. The van der Waals surface area contributed by atoms with E-state index >= 15 is 0 Å². The molecule has 5 rings (SSSR count). The van der Waals surface area contributed by atoms with E-state index in [1.54, 1.807) is 24.3 Å². The monoisotopic (exact) mass is 457 g/mol. The summed E-state index contributed by atoms with van der Waals surface area (Å²) >= 11 is 0. The van der Waals surface area contributed by atoms with Gasteiger partial charge in [-0.2, -0.15) is 9.78 Å². The number of rotatable bonds is 5. The molecule has 1 saturated heterocycles. The molecule has 0 atom stereocenters. The summed E-state index contributed by atoms with van der Waals surface area (Å²) in [6, 6.07) is 20.3. The summed E-state index contributed by atoms with van der Waals surface area (Å²) in [6.45, 7) is 4.66. The summed E-state index contributed by atoms with van der Waals surface area (Å²) < 4.78 is 6.65. The second-order valence-corrected chi connectivity index (χ2v) is 8.21. The first kappa shape index (κ1) is 21.8. The normalized spacial score (nSPS) is 13.9. The predicted molar refractivity (Wildman–Crippen MR) is 130 cm³/mol. The van der Waals surface area contributed by atoms with Gasteiger partial charge in [0.1, 0.15) is 0 Å². The number of benzene rings is 3. The fraction of sp³-hybridized carbons (Fsp3) is 0.231. The summed E-state index contributed by atoms with van der Waals surface area (Å²) in [7, 11) is 0. The first-order chi connectivity index (χ1) is 16.6. The molecule has 2 heterocycles. The third kappa shape index (κ3) is 3.92. The van der Waals surface area contributed by atoms with Crippen LogP contribution in [0.3, 0.4) is 0 Å². The molecule has 1 aliphatic rings. The van der Waals surface area contributed by atoms with Crippen molar-refractivity contribution in [1.82, 2.24) is 9.78 Å². The second-order valence-electron chi connectivity index (χ2n) is 8.21. The van der Waals surface area contributed by atoms with Crippen LogP contribution in [0.5, 0.6) is 0 Å². The minimum atomic E-state index is -0.369. The molecule has 0 unspecified atom stereocenters. The molecule has 0 amide bonds. The predicted octanol–water partition coefficient (Wildman–Crippen LogP) is 4.25. The Kier molecular flexibility index (Phi) is 5.81. The molecule has 1 aliphatic heterocycles. The Morgan fingerprint density at radius 1 is 1.00 bits per heavy atom. The van der Waals surface area contributed by atoms with Crippen molar-refractivity contribution in [3.8, 4) is 16.9 Å². The van der Waals surface area contributed by atoms with Crippen molar-refractivity contribution in [3.63, 3.8) is 0 Å². The molecule has 0 radical (unpaired) electrons. The number of anilines is 1. The van der Waals surface area contributed by atoms with Gasteiger partial charge in [0.15, 0.2) is 5.69 Å². The average Bonchev–Trinajstić information content (AvgIpc) is 2.89. The van der Waals surface area contributed by atoms with E-state index in [9.17, 15) is 14.9 Å². The third-order valence-corrected chi connectivity index (χ3v) is 6.21. The van der Waals surface area contributed by atoms with Gasteiger partial charge >= 0.3 is 5.69 Å². The van der Waals surface area contributed by atoms with Crippen LogP contribution in [-0.4, -0.2) is 46.2 Å². The zero-order valence-electron chi connectivity index (χ0n) is 18.8. The quantitative estimate of drug-likeness (QED) is 0.451. The van der Waals surface area contributed by atoms with Crippen LogP contribution >= 0.6 is 0 Å². The number of aromatic nitrogens is 2. The summed E-state index contributed by atoms with van der Waals surface area (Å²) in [6.07, 6.45) is 0.918. The minimum absolute atomic E-state index is 0.0610. The molecular formula is C26H25N4O4+. The van der Waals surface area contributed by atoms with E-state index in [1.807, 2.05) is 36.4 Å². The Morgan fingerprint density at radius 2 is 1.71 bits per heavy atom. The van der Waals surface area contributed by atoms with Gasteiger partial charge in [0.2, 0.25) is 0 Å². The number of nitrogens with zero attached hydrogens (tertiary/aromatic N) is 4. The topological polar surface area (TPSA) is 87.7 Å². The summed E-state index contributed by atoms with van der Waals surface area (Å²) in [5, 5.41) is 15.7. The van der Waals surface area contributed by atoms with Crippen LogP contribution in [-0.2, 0) is 11.2 Å². The van der Waals surface area contributed by atoms with Crippen molar-refractivity contribution in [2.24, 2.45) is 0 Å². The lowest BCUT2D eigenvalue weighted by Gasteiger charge is -2.29. The van der Waals surface area contributed by atoms with E-state index in [1.165, 1.54) is 16.3 Å². The van der Waals surface area contributed by atoms with E-state index < -0.39 is 0 Å². The molecule has 4 aromatic rings. The number of morpholine rings is 1. The van der Waals surface area contributed by atoms with E-state index in [4.69, 9.17) is 9.84 Å². The molecule has 8 heteroatoms. The standard InChI is InChI=1S/C26H25N4O4/c1-2-18-7-9-19(10-8-18)25-21-5-3-4-6-22(21)26(31)29(27-25)24-17-20(11-12-23(24)30(32)33)28-13-15-34-16-14-28/h3-12,17H,2,13-16H2,1H3,(H,32,33)/q+1. The zero-order chi connectivity index (χ0) is 23.7. The van der Waals surface area contributed by atoms with Crippen LogP contribution in [0, 0.1) is 4.91 Å². The molecule has 0 bridgehead atoms. The molecule has 0 saturated carbocycles. The molecule has 3 aromatic carbocycles. The van der Waals surface area contributed by atoms with Gasteiger partial charge < -0.3 is 9.64 Å². The molecule has 1 N–H and O–H groups in total. The maximum Gasteiger partial charge on any atom is 0.342 e. The lowest BCUT2D eigenvalue weighted by molar-refractivity contribution is -0.729. The van der Waals surface area contributed by atoms with Gasteiger partial charge in [-0.15, -0.1) is 0 Å². The zero-order valence-corrected chi connectivity index (χ0v) is 18.8. The van der Waals surface area contributed by atoms with Gasteiger partial charge in [0.25, 0.3) is 10.5 Å². The Labute approximate surface area is 196 Å². The summed E-state index contributed by atoms with van der Waals surface area (Å²) in [5.41, 5.74) is 3.28. The molecule has 0 aliphatic carbocycles. The average molecular weight is 458 g/mol. The number of hydrogen-bond acceptors (Lipinski definition) is 5. The Bertz CT molecular complexity index is 1420. The largest absolute Gasteiger partial charge is 0.378 e. The smallest absolute Gasteiger partial charge is 0.342 e. The van der Waals surface area contributed by atoms with Crippen molar-refractivity contribution in [2.45, 2.75) is 13.3 Å². The fourth-order valence-corrected chi connectivity index (χ4v) is 4.33. The number of aryl methyl sites for hydroxylation is 1. The summed E-state index contributed by atoms with van der Waals surface area (Å²) in [4.78, 5) is 27.4. The van der Waals surface area contributed by atoms with Gasteiger partial charge in [-0.1, -0.05) is 49.4 Å². The maximum absolute atomic E-state index is 13.5. The van der Waals surface area contributed by atoms with Crippen molar-refractivity contribution in [1.29, 1.82) is 0 Å². The third-order valence-electron chi connectivity index (χ3n) is 6.21. The highest BCUT2D eigenvalue weighted by Crippen LogP contribution is 2.30. The van der Waals surface area contributed by atoms with Gasteiger partial charge in [0.05, 0.1) is 29.2 Å². The van der Waals surface area contributed by atoms with Crippen molar-refractivity contribution < 1.29 is 14.9 Å². The van der Waals surface area contributed by atoms with E-state index in [0.29, 0.717) is 37.4 Å². The molecule has 172 valence electrons. The molecule has 34 heavy (non-hydrogen) atoms. The van der Waals surface area contributed by atoms with Crippen LogP contribution in [0.25, 0.3) is 27.7 Å². The Balaban J connectivity index is 1.76. The molecule has 8 nitrogen and oxygen atoms in total. The Morgan fingerprint density at radius 3 is 2.38 bits per heavy atom. The van der Waals surface area contributed by atoms with Gasteiger partial charge in [-0.25, -0.2) is 5.21 Å². The SMILES string of the molecule is CCc1ccc(-c2nn(-c3cc(N4CCOCC4)ccc3[N+](=O)O)c(=O)c3ccccc23)cc1. The van der Waals surface area contributed by atoms with E-state index in [2.05, 4.69) is 11.8 Å². The lowest BCUT2D eigenvalue weighted by atomic mass is 10.0. The highest BCUT2D eigenvalue weighted by Gasteiger charge is 2.25. The maximum atomic E-state index is 13.5. The van der Waals surface area contributed by atoms with Crippen molar-refractivity contribution >= 4 is 22.1 Å². The van der Waals surface area contributed by atoms with Crippen LogP contribution in [0.1, 0.15) is 12.5 Å². The van der Waals surface area contributed by atoms with Crippen LogP contribution in [0.2, 0.25) is 0 Å². The highest BCUT2D eigenvalue weighted by atomic mass is 16.6. The first-order valence-electron chi connectivity index (χ1n) is 11.3. The van der Waals surface area contributed by atoms with Crippen molar-refractivity contribution in [2.75, 3.05) is 31.2 Å².